The third-order valence-corrected chi connectivity index (χ3v) is 7.26. The second kappa shape index (κ2) is 12.3. The molecule has 2 fully saturated rings. The molecule has 0 atom stereocenters. The van der Waals surface area contributed by atoms with Gasteiger partial charge >= 0.3 is 6.09 Å². The van der Waals surface area contributed by atoms with Gasteiger partial charge in [0, 0.05) is 49.2 Å². The van der Waals surface area contributed by atoms with E-state index in [1.54, 1.807) is 17.0 Å². The van der Waals surface area contributed by atoms with Gasteiger partial charge in [-0.05, 0) is 70.7 Å². The van der Waals surface area contributed by atoms with E-state index in [9.17, 15) is 14.4 Å². The second-order valence-corrected chi connectivity index (χ2v) is 11.7. The van der Waals surface area contributed by atoms with Gasteiger partial charge in [0.25, 0.3) is 11.8 Å². The maximum atomic E-state index is 15.1. The third kappa shape index (κ3) is 7.25. The van der Waals surface area contributed by atoms with E-state index in [0.29, 0.717) is 43.1 Å². The van der Waals surface area contributed by atoms with Crippen molar-refractivity contribution in [3.63, 3.8) is 0 Å². The highest BCUT2D eigenvalue weighted by atomic mass is 19.1. The SMILES string of the molecule is COc1ccc(NC(=O)c2ccc(-c3ncc(C(=O)N(C4CC4)C4CCN(C(=O)OC(C)(C)C)CC4)cn3)c(F)c2)cn1. The monoisotopic (exact) mass is 590 g/mol. The lowest BCUT2D eigenvalue weighted by atomic mass is 10.0. The zero-order valence-electron chi connectivity index (χ0n) is 24.7. The molecule has 1 aromatic carbocycles. The molecule has 3 heterocycles. The Hall–Kier alpha value is -4.61. The Bertz CT molecular complexity index is 1480. The van der Waals surface area contributed by atoms with Crippen LogP contribution < -0.4 is 10.1 Å². The number of anilines is 1. The first-order valence-electron chi connectivity index (χ1n) is 14.3. The highest BCUT2D eigenvalue weighted by Gasteiger charge is 2.40. The number of nitrogens with one attached hydrogen (secondary N) is 1. The number of carbonyl (C=O) groups is 3. The number of hydrogen-bond acceptors (Lipinski definition) is 8. The number of likely N-dealkylation sites (tertiary alicyclic amines) is 1. The maximum Gasteiger partial charge on any atom is 0.410 e. The first-order valence-corrected chi connectivity index (χ1v) is 14.3. The Morgan fingerprint density at radius 2 is 1.60 bits per heavy atom. The van der Waals surface area contributed by atoms with Crippen molar-refractivity contribution in [2.24, 2.45) is 0 Å². The Morgan fingerprint density at radius 1 is 0.930 bits per heavy atom. The molecule has 3 amide bonds. The molecular weight excluding hydrogens is 555 g/mol. The van der Waals surface area contributed by atoms with Gasteiger partial charge in [0.15, 0.2) is 5.82 Å². The highest BCUT2D eigenvalue weighted by molar-refractivity contribution is 6.04. The van der Waals surface area contributed by atoms with Gasteiger partial charge in [-0.1, -0.05) is 0 Å². The molecule has 1 saturated heterocycles. The van der Waals surface area contributed by atoms with Crippen LogP contribution in [0.1, 0.15) is 67.2 Å². The van der Waals surface area contributed by atoms with Gasteiger partial charge in [-0.15, -0.1) is 0 Å². The number of amides is 3. The standard InChI is InChI=1S/C31H35FN6O5/c1-31(2,3)43-30(41)37-13-11-23(12-14-37)38(22-7-8-22)29(40)20-16-34-27(35-17-20)24-9-5-19(15-25(24)32)28(39)36-21-6-10-26(42-4)33-18-21/h5-6,9-10,15-18,22-23H,7-8,11-14H2,1-4H3,(H,36,39). The quantitative estimate of drug-likeness (QED) is 0.410. The van der Waals surface area contributed by atoms with E-state index in [1.807, 2.05) is 25.7 Å². The predicted octanol–water partition coefficient (Wildman–Crippen LogP) is 4.94. The summed E-state index contributed by atoms with van der Waals surface area (Å²) in [6, 6.07) is 7.39. The number of carbonyl (C=O) groups excluding carboxylic acids is 3. The van der Waals surface area contributed by atoms with Gasteiger partial charge in [0.1, 0.15) is 11.4 Å². The molecule has 226 valence electrons. The molecule has 0 bridgehead atoms. The summed E-state index contributed by atoms with van der Waals surface area (Å²) in [6.07, 6.45) is 7.08. The van der Waals surface area contributed by atoms with Crippen LogP contribution in [0, 0.1) is 5.82 Å². The van der Waals surface area contributed by atoms with Crippen molar-refractivity contribution in [2.45, 2.75) is 64.1 Å². The molecule has 2 aliphatic rings. The number of piperidine rings is 1. The van der Waals surface area contributed by atoms with E-state index in [2.05, 4.69) is 20.3 Å². The molecule has 2 aromatic heterocycles. The fourth-order valence-electron chi connectivity index (χ4n) is 4.98. The fraction of sp³-hybridized carbons (Fsp3) is 0.419. The van der Waals surface area contributed by atoms with Crippen LogP contribution in [0.2, 0.25) is 0 Å². The van der Waals surface area contributed by atoms with E-state index < -0.39 is 17.3 Å². The summed E-state index contributed by atoms with van der Waals surface area (Å²) in [4.78, 5) is 54.8. The zero-order valence-corrected chi connectivity index (χ0v) is 24.7. The van der Waals surface area contributed by atoms with Crippen LogP contribution >= 0.6 is 0 Å². The first kappa shape index (κ1) is 29.9. The number of pyridine rings is 1. The minimum atomic E-state index is -0.670. The fourth-order valence-corrected chi connectivity index (χ4v) is 4.98. The van der Waals surface area contributed by atoms with Crippen LogP contribution in [-0.4, -0.2) is 80.5 Å². The Kier molecular flexibility index (Phi) is 8.56. The molecule has 1 saturated carbocycles. The summed E-state index contributed by atoms with van der Waals surface area (Å²) in [5.41, 5.74) is 0.408. The van der Waals surface area contributed by atoms with Gasteiger partial charge in [0.05, 0.1) is 30.1 Å². The Labute approximate surface area is 249 Å². The van der Waals surface area contributed by atoms with Crippen molar-refractivity contribution in [1.82, 2.24) is 24.8 Å². The van der Waals surface area contributed by atoms with E-state index in [4.69, 9.17) is 9.47 Å². The number of halogens is 1. The number of rotatable bonds is 7. The van der Waals surface area contributed by atoms with Crippen molar-refractivity contribution >= 4 is 23.6 Å². The summed E-state index contributed by atoms with van der Waals surface area (Å²) in [7, 11) is 1.49. The van der Waals surface area contributed by atoms with Crippen LogP contribution in [0.4, 0.5) is 14.9 Å². The lowest BCUT2D eigenvalue weighted by Crippen LogP contribution is -2.50. The molecule has 0 spiro atoms. The summed E-state index contributed by atoms with van der Waals surface area (Å²) in [5, 5.41) is 2.66. The summed E-state index contributed by atoms with van der Waals surface area (Å²) in [5.74, 6) is -0.844. The van der Waals surface area contributed by atoms with Crippen LogP contribution in [-0.2, 0) is 4.74 Å². The summed E-state index contributed by atoms with van der Waals surface area (Å²) in [6.45, 7) is 6.53. The lowest BCUT2D eigenvalue weighted by Gasteiger charge is -2.39. The minimum Gasteiger partial charge on any atom is -0.481 e. The number of ether oxygens (including phenoxy) is 2. The van der Waals surface area contributed by atoms with Crippen LogP contribution in [0.3, 0.4) is 0 Å². The van der Waals surface area contributed by atoms with Gasteiger partial charge in [-0.3, -0.25) is 9.59 Å². The molecule has 12 heteroatoms. The van der Waals surface area contributed by atoms with Crippen LogP contribution in [0.25, 0.3) is 11.4 Å². The molecule has 5 rings (SSSR count). The maximum absolute atomic E-state index is 15.1. The van der Waals surface area contributed by atoms with Crippen molar-refractivity contribution in [1.29, 1.82) is 0 Å². The number of nitrogens with zero attached hydrogens (tertiary/aromatic N) is 5. The topological polar surface area (TPSA) is 127 Å². The second-order valence-electron chi connectivity index (χ2n) is 11.7. The van der Waals surface area contributed by atoms with Crippen molar-refractivity contribution in [2.75, 3.05) is 25.5 Å². The van der Waals surface area contributed by atoms with Crippen molar-refractivity contribution < 1.29 is 28.2 Å². The highest BCUT2D eigenvalue weighted by Crippen LogP contribution is 2.33. The molecular formula is C31H35FN6O5. The molecule has 1 N–H and O–H groups in total. The molecule has 1 aliphatic carbocycles. The van der Waals surface area contributed by atoms with Crippen molar-refractivity contribution in [3.8, 4) is 17.3 Å². The zero-order chi connectivity index (χ0) is 30.7. The van der Waals surface area contributed by atoms with Gasteiger partial charge in [0.2, 0.25) is 5.88 Å². The number of hydrogen-bond donors (Lipinski definition) is 1. The molecule has 11 nitrogen and oxygen atoms in total. The van der Waals surface area contributed by atoms with Gasteiger partial charge in [-0.25, -0.2) is 24.1 Å². The number of benzene rings is 1. The molecule has 43 heavy (non-hydrogen) atoms. The lowest BCUT2D eigenvalue weighted by molar-refractivity contribution is 0.0142. The molecule has 0 unspecified atom stereocenters. The normalized spacial score (nSPS) is 15.5. The first-order chi connectivity index (χ1) is 20.5. The molecule has 1 aliphatic heterocycles. The Balaban J connectivity index is 1.23. The molecule has 0 radical (unpaired) electrons. The Morgan fingerprint density at radius 3 is 2.16 bits per heavy atom. The van der Waals surface area contributed by atoms with Gasteiger partial charge < -0.3 is 24.6 Å². The summed E-state index contributed by atoms with van der Waals surface area (Å²) < 4.78 is 25.6. The molecule has 3 aromatic rings. The predicted molar refractivity (Wildman–Crippen MR) is 156 cm³/mol. The largest absolute Gasteiger partial charge is 0.481 e. The van der Waals surface area contributed by atoms with Crippen LogP contribution in [0.15, 0.2) is 48.9 Å². The smallest absolute Gasteiger partial charge is 0.410 e. The minimum absolute atomic E-state index is 0.0109. The average Bonchev–Trinajstić information content (AvgIpc) is 3.82. The van der Waals surface area contributed by atoms with E-state index >= 15 is 4.39 Å². The number of methoxy groups -OCH3 is 1. The van der Waals surface area contributed by atoms with Crippen molar-refractivity contribution in [3.05, 3.63) is 65.9 Å². The number of aromatic nitrogens is 3. The van der Waals surface area contributed by atoms with Gasteiger partial charge in [-0.2, -0.15) is 0 Å². The van der Waals surface area contributed by atoms with Crippen LogP contribution in [0.5, 0.6) is 5.88 Å². The third-order valence-electron chi connectivity index (χ3n) is 7.26. The van der Waals surface area contributed by atoms with E-state index in [0.717, 1.165) is 18.9 Å². The van der Waals surface area contributed by atoms with E-state index in [-0.39, 0.29) is 41.0 Å². The summed E-state index contributed by atoms with van der Waals surface area (Å²) >= 11 is 0. The van der Waals surface area contributed by atoms with E-state index in [1.165, 1.54) is 37.8 Å². The average molecular weight is 591 g/mol.